The van der Waals surface area contributed by atoms with Crippen LogP contribution in [0.5, 0.6) is 0 Å². The summed E-state index contributed by atoms with van der Waals surface area (Å²) in [5, 5.41) is 3.31. The molecule has 1 saturated heterocycles. The smallest absolute Gasteiger partial charge is 0.272 e. The minimum absolute atomic E-state index is 0.0725. The summed E-state index contributed by atoms with van der Waals surface area (Å²) in [5.41, 5.74) is 0.657. The second-order valence-electron chi connectivity index (χ2n) is 4.00. The van der Waals surface area contributed by atoms with Gasteiger partial charge in [0.05, 0.1) is 12.5 Å². The van der Waals surface area contributed by atoms with Crippen molar-refractivity contribution < 1.29 is 4.79 Å². The number of carbonyl (C=O) groups is 1. The number of hydrogen-bond acceptors (Lipinski definition) is 3. The fourth-order valence-corrected chi connectivity index (χ4v) is 1.84. The lowest BCUT2D eigenvalue weighted by molar-refractivity contribution is 0.0699. The molecule has 0 spiro atoms. The van der Waals surface area contributed by atoms with Gasteiger partial charge in [-0.15, -0.1) is 0 Å². The molecule has 1 aliphatic rings. The van der Waals surface area contributed by atoms with Crippen LogP contribution in [0.4, 0.5) is 0 Å². The predicted octanol–water partition coefficient (Wildman–Crippen LogP) is -0.146. The SMILES string of the molecule is C[C@H]1CN(C(=O)c2cncn2C)CCN1. The van der Waals surface area contributed by atoms with Gasteiger partial charge in [0.15, 0.2) is 0 Å². The Kier molecular flexibility index (Phi) is 2.73. The monoisotopic (exact) mass is 208 g/mol. The summed E-state index contributed by atoms with van der Waals surface area (Å²) >= 11 is 0. The van der Waals surface area contributed by atoms with Gasteiger partial charge in [-0.25, -0.2) is 4.98 Å². The number of nitrogens with zero attached hydrogens (tertiary/aromatic N) is 3. The molecule has 82 valence electrons. The van der Waals surface area contributed by atoms with Crippen LogP contribution in [0, 0.1) is 0 Å². The molecule has 0 saturated carbocycles. The van der Waals surface area contributed by atoms with Gasteiger partial charge in [-0.05, 0) is 6.92 Å². The first-order valence-corrected chi connectivity index (χ1v) is 5.17. The maximum Gasteiger partial charge on any atom is 0.272 e. The predicted molar refractivity (Wildman–Crippen MR) is 56.6 cm³/mol. The van der Waals surface area contributed by atoms with Crippen LogP contribution in [0.3, 0.4) is 0 Å². The van der Waals surface area contributed by atoms with Crippen molar-refractivity contribution in [2.24, 2.45) is 7.05 Å². The molecular weight excluding hydrogens is 192 g/mol. The normalized spacial score (nSPS) is 21.7. The van der Waals surface area contributed by atoms with Gasteiger partial charge < -0.3 is 14.8 Å². The van der Waals surface area contributed by atoms with E-state index in [9.17, 15) is 4.79 Å². The van der Waals surface area contributed by atoms with Crippen molar-refractivity contribution in [1.29, 1.82) is 0 Å². The van der Waals surface area contributed by atoms with Gasteiger partial charge in [-0.1, -0.05) is 0 Å². The summed E-state index contributed by atoms with van der Waals surface area (Å²) in [6.07, 6.45) is 3.27. The van der Waals surface area contributed by atoms with Crippen LogP contribution in [0.25, 0.3) is 0 Å². The Morgan fingerprint density at radius 3 is 3.07 bits per heavy atom. The molecule has 0 aromatic carbocycles. The number of rotatable bonds is 1. The van der Waals surface area contributed by atoms with Gasteiger partial charge in [0.25, 0.3) is 5.91 Å². The number of piperazine rings is 1. The highest BCUT2D eigenvalue weighted by Gasteiger charge is 2.23. The van der Waals surface area contributed by atoms with Gasteiger partial charge >= 0.3 is 0 Å². The highest BCUT2D eigenvalue weighted by atomic mass is 16.2. The maximum absolute atomic E-state index is 12.1. The van der Waals surface area contributed by atoms with E-state index < -0.39 is 0 Å². The average Bonchev–Trinajstić information content (AvgIpc) is 2.63. The summed E-state index contributed by atoms with van der Waals surface area (Å²) in [6.45, 7) is 4.49. The van der Waals surface area contributed by atoms with Crippen molar-refractivity contribution in [1.82, 2.24) is 19.8 Å². The van der Waals surface area contributed by atoms with Gasteiger partial charge in [0.1, 0.15) is 5.69 Å². The molecule has 1 fully saturated rings. The fourth-order valence-electron chi connectivity index (χ4n) is 1.84. The number of hydrogen-bond donors (Lipinski definition) is 1. The first-order valence-electron chi connectivity index (χ1n) is 5.17. The second kappa shape index (κ2) is 4.02. The average molecular weight is 208 g/mol. The number of nitrogens with one attached hydrogen (secondary N) is 1. The van der Waals surface area contributed by atoms with Crippen molar-refractivity contribution in [3.63, 3.8) is 0 Å². The Labute approximate surface area is 89.1 Å². The number of aromatic nitrogens is 2. The highest BCUT2D eigenvalue weighted by Crippen LogP contribution is 2.06. The van der Waals surface area contributed by atoms with Gasteiger partial charge in [0.2, 0.25) is 0 Å². The lowest BCUT2D eigenvalue weighted by atomic mass is 10.2. The molecular formula is C10H16N4O. The van der Waals surface area contributed by atoms with Crippen LogP contribution in [0.2, 0.25) is 0 Å². The van der Waals surface area contributed by atoms with E-state index >= 15 is 0 Å². The van der Waals surface area contributed by atoms with E-state index in [0.717, 1.165) is 19.6 Å². The minimum atomic E-state index is 0.0725. The molecule has 0 bridgehead atoms. The molecule has 15 heavy (non-hydrogen) atoms. The van der Waals surface area contributed by atoms with Crippen LogP contribution in [-0.4, -0.2) is 46.0 Å². The zero-order valence-corrected chi connectivity index (χ0v) is 9.10. The van der Waals surface area contributed by atoms with Crippen LogP contribution >= 0.6 is 0 Å². The van der Waals surface area contributed by atoms with Gasteiger partial charge in [-0.2, -0.15) is 0 Å². The highest BCUT2D eigenvalue weighted by molar-refractivity contribution is 5.92. The summed E-state index contributed by atoms with van der Waals surface area (Å²) < 4.78 is 1.76. The Morgan fingerprint density at radius 2 is 2.47 bits per heavy atom. The quantitative estimate of drug-likeness (QED) is 0.698. The fraction of sp³-hybridized carbons (Fsp3) is 0.600. The zero-order valence-electron chi connectivity index (χ0n) is 9.10. The number of aryl methyl sites for hydroxylation is 1. The molecule has 1 aromatic heterocycles. The van der Waals surface area contributed by atoms with E-state index in [1.54, 1.807) is 17.1 Å². The molecule has 0 unspecified atom stereocenters. The van der Waals surface area contributed by atoms with E-state index in [-0.39, 0.29) is 5.91 Å². The van der Waals surface area contributed by atoms with Crippen LogP contribution in [0.1, 0.15) is 17.4 Å². The molecule has 1 N–H and O–H groups in total. The van der Waals surface area contributed by atoms with Crippen molar-refractivity contribution >= 4 is 5.91 Å². The Balaban J connectivity index is 2.11. The molecule has 1 aliphatic heterocycles. The molecule has 2 rings (SSSR count). The van der Waals surface area contributed by atoms with Gasteiger partial charge in [0, 0.05) is 32.7 Å². The third-order valence-electron chi connectivity index (χ3n) is 2.69. The maximum atomic E-state index is 12.1. The van der Waals surface area contributed by atoms with E-state index in [0.29, 0.717) is 11.7 Å². The van der Waals surface area contributed by atoms with Crippen LogP contribution in [0.15, 0.2) is 12.5 Å². The molecule has 1 atom stereocenters. The first kappa shape index (κ1) is 10.2. The van der Waals surface area contributed by atoms with E-state index in [1.165, 1.54) is 0 Å². The third-order valence-corrected chi connectivity index (χ3v) is 2.69. The minimum Gasteiger partial charge on any atom is -0.335 e. The molecule has 5 heteroatoms. The Hall–Kier alpha value is -1.36. The largest absolute Gasteiger partial charge is 0.335 e. The number of imidazole rings is 1. The lowest BCUT2D eigenvalue weighted by Gasteiger charge is -2.31. The Morgan fingerprint density at radius 1 is 1.67 bits per heavy atom. The van der Waals surface area contributed by atoms with Crippen LogP contribution < -0.4 is 5.32 Å². The van der Waals surface area contributed by atoms with E-state index in [4.69, 9.17) is 0 Å². The molecule has 2 heterocycles. The number of carbonyl (C=O) groups excluding carboxylic acids is 1. The van der Waals surface area contributed by atoms with Gasteiger partial charge in [-0.3, -0.25) is 4.79 Å². The van der Waals surface area contributed by atoms with Crippen LogP contribution in [-0.2, 0) is 7.05 Å². The van der Waals surface area contributed by atoms with Crippen molar-refractivity contribution in [2.45, 2.75) is 13.0 Å². The third kappa shape index (κ3) is 2.02. The van der Waals surface area contributed by atoms with Crippen molar-refractivity contribution in [3.8, 4) is 0 Å². The van der Waals surface area contributed by atoms with Crippen molar-refractivity contribution in [2.75, 3.05) is 19.6 Å². The topological polar surface area (TPSA) is 50.2 Å². The Bertz CT molecular complexity index is 360. The summed E-state index contributed by atoms with van der Waals surface area (Å²) in [7, 11) is 1.84. The van der Waals surface area contributed by atoms with E-state index in [2.05, 4.69) is 17.2 Å². The standard InChI is InChI=1S/C10H16N4O/c1-8-6-14(4-3-12-8)10(15)9-5-11-7-13(9)2/h5,7-8,12H,3-4,6H2,1-2H3/t8-/m0/s1. The van der Waals surface area contributed by atoms with Crippen molar-refractivity contribution in [3.05, 3.63) is 18.2 Å². The zero-order chi connectivity index (χ0) is 10.8. The van der Waals surface area contributed by atoms with E-state index in [1.807, 2.05) is 11.9 Å². The summed E-state index contributed by atoms with van der Waals surface area (Å²) in [4.78, 5) is 17.9. The molecule has 1 aromatic rings. The number of amides is 1. The summed E-state index contributed by atoms with van der Waals surface area (Å²) in [6, 6.07) is 0.371. The molecule has 5 nitrogen and oxygen atoms in total. The molecule has 1 amide bonds. The molecule has 0 radical (unpaired) electrons. The second-order valence-corrected chi connectivity index (χ2v) is 4.00. The first-order chi connectivity index (χ1) is 7.18. The molecule has 0 aliphatic carbocycles. The lowest BCUT2D eigenvalue weighted by Crippen LogP contribution is -2.51. The summed E-state index contributed by atoms with van der Waals surface area (Å²) in [5.74, 6) is 0.0725.